The highest BCUT2D eigenvalue weighted by atomic mass is 16.6. The Labute approximate surface area is 111 Å². The SMILES string of the molecule is Cc1nn(C)c(NCCc2ccccc2)c1[N+](=O)[O-]. The lowest BCUT2D eigenvalue weighted by atomic mass is 10.1. The largest absolute Gasteiger partial charge is 0.364 e. The summed E-state index contributed by atoms with van der Waals surface area (Å²) in [6.07, 6.45) is 0.808. The predicted octanol–water partition coefficient (Wildman–Crippen LogP) is 2.29. The lowest BCUT2D eigenvalue weighted by Gasteiger charge is -2.06. The minimum Gasteiger partial charge on any atom is -0.364 e. The fourth-order valence-electron chi connectivity index (χ4n) is 2.03. The minimum absolute atomic E-state index is 0.0514. The Hall–Kier alpha value is -2.37. The smallest absolute Gasteiger partial charge is 0.333 e. The van der Waals surface area contributed by atoms with Crippen LogP contribution in [0, 0.1) is 17.0 Å². The van der Waals surface area contributed by atoms with Gasteiger partial charge in [-0.2, -0.15) is 5.10 Å². The summed E-state index contributed by atoms with van der Waals surface area (Å²) in [6, 6.07) is 9.99. The van der Waals surface area contributed by atoms with Gasteiger partial charge in [-0.15, -0.1) is 0 Å². The monoisotopic (exact) mass is 260 g/mol. The van der Waals surface area contributed by atoms with Gasteiger partial charge in [0.2, 0.25) is 5.82 Å². The second-order valence-corrected chi connectivity index (χ2v) is 4.33. The van der Waals surface area contributed by atoms with Gasteiger partial charge in [0.25, 0.3) is 0 Å². The molecule has 1 heterocycles. The summed E-state index contributed by atoms with van der Waals surface area (Å²) >= 11 is 0. The Kier molecular flexibility index (Phi) is 3.79. The Balaban J connectivity index is 2.06. The number of hydrogen-bond donors (Lipinski definition) is 1. The zero-order valence-electron chi connectivity index (χ0n) is 11.0. The fourth-order valence-corrected chi connectivity index (χ4v) is 2.03. The van der Waals surface area contributed by atoms with Crippen molar-refractivity contribution in [3.05, 3.63) is 51.7 Å². The molecule has 19 heavy (non-hydrogen) atoms. The zero-order valence-corrected chi connectivity index (χ0v) is 11.0. The topological polar surface area (TPSA) is 73.0 Å². The zero-order chi connectivity index (χ0) is 13.8. The number of rotatable bonds is 5. The first kappa shape index (κ1) is 13.1. The molecule has 2 aromatic rings. The lowest BCUT2D eigenvalue weighted by Crippen LogP contribution is -2.10. The molecule has 2 rings (SSSR count). The second-order valence-electron chi connectivity index (χ2n) is 4.33. The predicted molar refractivity (Wildman–Crippen MR) is 73.2 cm³/mol. The average molecular weight is 260 g/mol. The van der Waals surface area contributed by atoms with Crippen LogP contribution in [0.1, 0.15) is 11.3 Å². The van der Waals surface area contributed by atoms with Gasteiger partial charge in [-0.1, -0.05) is 30.3 Å². The maximum atomic E-state index is 11.0. The Bertz CT molecular complexity index is 578. The third-order valence-electron chi connectivity index (χ3n) is 2.92. The highest BCUT2D eigenvalue weighted by molar-refractivity contribution is 5.59. The van der Waals surface area contributed by atoms with Crippen LogP contribution in [0.3, 0.4) is 0 Å². The molecule has 1 aromatic heterocycles. The molecule has 0 unspecified atom stereocenters. The number of nitrogens with zero attached hydrogens (tertiary/aromatic N) is 3. The first-order chi connectivity index (χ1) is 9.09. The minimum atomic E-state index is -0.396. The van der Waals surface area contributed by atoms with Gasteiger partial charge in [-0.05, 0) is 18.9 Å². The number of aromatic nitrogens is 2. The first-order valence-electron chi connectivity index (χ1n) is 6.05. The molecular weight excluding hydrogens is 244 g/mol. The molecule has 1 N–H and O–H groups in total. The van der Waals surface area contributed by atoms with Crippen molar-refractivity contribution in [1.29, 1.82) is 0 Å². The van der Waals surface area contributed by atoms with Crippen LogP contribution in [-0.4, -0.2) is 21.2 Å². The molecule has 0 amide bonds. The van der Waals surface area contributed by atoms with Crippen molar-refractivity contribution in [2.24, 2.45) is 7.05 Å². The molecule has 0 aliphatic carbocycles. The van der Waals surface area contributed by atoms with Crippen LogP contribution in [0.2, 0.25) is 0 Å². The van der Waals surface area contributed by atoms with Gasteiger partial charge in [0.1, 0.15) is 5.69 Å². The number of nitrogens with one attached hydrogen (secondary N) is 1. The number of hydrogen-bond acceptors (Lipinski definition) is 4. The molecule has 0 bridgehead atoms. The van der Waals surface area contributed by atoms with Gasteiger partial charge in [-0.25, -0.2) is 4.68 Å². The summed E-state index contributed by atoms with van der Waals surface area (Å²) in [5, 5.41) is 18.2. The molecule has 0 saturated heterocycles. The third kappa shape index (κ3) is 2.90. The summed E-state index contributed by atoms with van der Waals surface area (Å²) in [6.45, 7) is 2.27. The normalized spacial score (nSPS) is 10.4. The Morgan fingerprint density at radius 1 is 1.37 bits per heavy atom. The highest BCUT2D eigenvalue weighted by Gasteiger charge is 2.23. The van der Waals surface area contributed by atoms with E-state index >= 15 is 0 Å². The van der Waals surface area contributed by atoms with E-state index in [2.05, 4.69) is 10.4 Å². The van der Waals surface area contributed by atoms with Crippen molar-refractivity contribution in [2.75, 3.05) is 11.9 Å². The first-order valence-corrected chi connectivity index (χ1v) is 6.05. The molecule has 0 fully saturated rings. The molecule has 100 valence electrons. The maximum Gasteiger partial charge on any atom is 0.333 e. The molecule has 0 atom stereocenters. The van der Waals surface area contributed by atoms with Gasteiger partial charge in [-0.3, -0.25) is 10.1 Å². The van der Waals surface area contributed by atoms with E-state index in [4.69, 9.17) is 0 Å². The van der Waals surface area contributed by atoms with Crippen LogP contribution in [-0.2, 0) is 13.5 Å². The fraction of sp³-hybridized carbons (Fsp3) is 0.308. The van der Waals surface area contributed by atoms with Gasteiger partial charge in [0, 0.05) is 13.6 Å². The van der Waals surface area contributed by atoms with Crippen molar-refractivity contribution in [3.8, 4) is 0 Å². The highest BCUT2D eigenvalue weighted by Crippen LogP contribution is 2.26. The summed E-state index contributed by atoms with van der Waals surface area (Å²) in [5.74, 6) is 0.457. The van der Waals surface area contributed by atoms with Crippen molar-refractivity contribution < 1.29 is 4.92 Å². The molecule has 0 aliphatic rings. The van der Waals surface area contributed by atoms with E-state index < -0.39 is 4.92 Å². The van der Waals surface area contributed by atoms with Crippen LogP contribution in [0.4, 0.5) is 11.5 Å². The maximum absolute atomic E-state index is 11.0. The van der Waals surface area contributed by atoms with Gasteiger partial charge < -0.3 is 5.32 Å². The van der Waals surface area contributed by atoms with E-state index in [1.807, 2.05) is 30.3 Å². The third-order valence-corrected chi connectivity index (χ3v) is 2.92. The van der Waals surface area contributed by atoms with Gasteiger partial charge in [0.05, 0.1) is 4.92 Å². The second kappa shape index (κ2) is 5.51. The van der Waals surface area contributed by atoms with E-state index in [-0.39, 0.29) is 5.69 Å². The number of nitro groups is 1. The summed E-state index contributed by atoms with van der Waals surface area (Å²) in [4.78, 5) is 10.6. The van der Waals surface area contributed by atoms with Gasteiger partial charge >= 0.3 is 5.69 Å². The summed E-state index contributed by atoms with van der Waals surface area (Å²) < 4.78 is 1.51. The van der Waals surface area contributed by atoms with Crippen LogP contribution in [0.15, 0.2) is 30.3 Å². The quantitative estimate of drug-likeness (QED) is 0.661. The average Bonchev–Trinajstić information content (AvgIpc) is 2.65. The molecule has 0 saturated carbocycles. The van der Waals surface area contributed by atoms with Crippen LogP contribution < -0.4 is 5.32 Å². The molecule has 0 spiro atoms. The Morgan fingerprint density at radius 2 is 2.05 bits per heavy atom. The van der Waals surface area contributed by atoms with Crippen LogP contribution in [0.5, 0.6) is 0 Å². The molecule has 6 heteroatoms. The van der Waals surface area contributed by atoms with Crippen LogP contribution >= 0.6 is 0 Å². The van der Waals surface area contributed by atoms with E-state index in [9.17, 15) is 10.1 Å². The van der Waals surface area contributed by atoms with E-state index in [0.717, 1.165) is 6.42 Å². The number of benzene rings is 1. The van der Waals surface area contributed by atoms with Crippen LogP contribution in [0.25, 0.3) is 0 Å². The molecule has 6 nitrogen and oxygen atoms in total. The van der Waals surface area contributed by atoms with E-state index in [1.54, 1.807) is 14.0 Å². The van der Waals surface area contributed by atoms with Crippen molar-refractivity contribution in [1.82, 2.24) is 9.78 Å². The summed E-state index contributed by atoms with van der Waals surface area (Å²) in [7, 11) is 1.70. The standard InChI is InChI=1S/C13H16N4O2/c1-10-12(17(18)19)13(16(2)15-10)14-9-8-11-6-4-3-5-7-11/h3-7,14H,8-9H2,1-2H3. The van der Waals surface area contributed by atoms with Crippen molar-refractivity contribution >= 4 is 11.5 Å². The summed E-state index contributed by atoms with van der Waals surface area (Å²) in [5.41, 5.74) is 1.67. The molecule has 0 aliphatic heterocycles. The van der Waals surface area contributed by atoms with E-state index in [0.29, 0.717) is 18.1 Å². The lowest BCUT2D eigenvalue weighted by molar-refractivity contribution is -0.384. The van der Waals surface area contributed by atoms with Gasteiger partial charge in [0.15, 0.2) is 0 Å². The molecule has 1 aromatic carbocycles. The Morgan fingerprint density at radius 3 is 2.68 bits per heavy atom. The van der Waals surface area contributed by atoms with E-state index in [1.165, 1.54) is 10.2 Å². The number of anilines is 1. The van der Waals surface area contributed by atoms with Crippen molar-refractivity contribution in [2.45, 2.75) is 13.3 Å². The number of aryl methyl sites for hydroxylation is 2. The molecular formula is C13H16N4O2. The van der Waals surface area contributed by atoms with Crippen molar-refractivity contribution in [3.63, 3.8) is 0 Å². The molecule has 0 radical (unpaired) electrons.